The predicted molar refractivity (Wildman–Crippen MR) is 65.8 cm³/mol. The van der Waals surface area contributed by atoms with Crippen LogP contribution < -0.4 is 0 Å². The van der Waals surface area contributed by atoms with Crippen LogP contribution in [0.2, 0.25) is 0 Å². The Balaban J connectivity index is 0.000000318. The molecule has 0 aromatic rings. The lowest BCUT2D eigenvalue weighted by atomic mass is 10.00. The highest BCUT2D eigenvalue weighted by Crippen LogP contribution is 2.12. The fourth-order valence-corrected chi connectivity index (χ4v) is 1.43. The molecule has 1 saturated carbocycles. The van der Waals surface area contributed by atoms with Crippen LogP contribution in [0.5, 0.6) is 0 Å². The molecule has 0 spiro atoms. The van der Waals surface area contributed by atoms with E-state index >= 15 is 0 Å². The lowest BCUT2D eigenvalue weighted by molar-refractivity contribution is -0.141. The summed E-state index contributed by atoms with van der Waals surface area (Å²) in [7, 11) is 1.64. The first-order valence-corrected chi connectivity index (χ1v) is 6.24. The molecule has 100 valence electrons. The number of carbonyl (C=O) groups excluding carboxylic acids is 2. The van der Waals surface area contributed by atoms with Crippen LogP contribution in [-0.2, 0) is 19.1 Å². The van der Waals surface area contributed by atoms with Crippen molar-refractivity contribution in [3.05, 3.63) is 0 Å². The number of Topliss-reactive ketones (excluding diaryl/α,β-unsaturated/α-hetero) is 1. The van der Waals surface area contributed by atoms with Gasteiger partial charge in [-0.25, -0.2) is 0 Å². The van der Waals surface area contributed by atoms with E-state index in [1.165, 1.54) is 13.3 Å². The van der Waals surface area contributed by atoms with E-state index in [0.717, 1.165) is 32.1 Å². The third-order valence-electron chi connectivity index (χ3n) is 2.64. The summed E-state index contributed by atoms with van der Waals surface area (Å²) >= 11 is 0. The minimum absolute atomic E-state index is 0.166. The van der Waals surface area contributed by atoms with Gasteiger partial charge in [-0.15, -0.1) is 0 Å². The molecule has 0 aromatic carbocycles. The maximum Gasteiger partial charge on any atom is 0.302 e. The molecule has 1 aliphatic carbocycles. The fourth-order valence-electron chi connectivity index (χ4n) is 1.43. The van der Waals surface area contributed by atoms with Gasteiger partial charge in [0.2, 0.25) is 0 Å². The molecule has 1 rings (SSSR count). The second-order valence-electron chi connectivity index (χ2n) is 4.27. The number of ketones is 1. The molecule has 1 fully saturated rings. The molecule has 0 heterocycles. The third-order valence-corrected chi connectivity index (χ3v) is 2.64. The number of ether oxygens (including phenoxy) is 2. The molecule has 4 heteroatoms. The molecule has 1 unspecified atom stereocenters. The molecule has 0 aromatic heterocycles. The van der Waals surface area contributed by atoms with Crippen LogP contribution in [-0.4, -0.2) is 31.6 Å². The maximum atomic E-state index is 10.5. The van der Waals surface area contributed by atoms with Crippen molar-refractivity contribution in [3.63, 3.8) is 0 Å². The van der Waals surface area contributed by atoms with E-state index in [1.54, 1.807) is 7.11 Å². The van der Waals surface area contributed by atoms with Gasteiger partial charge in [-0.05, 0) is 19.8 Å². The first-order valence-electron chi connectivity index (χ1n) is 6.24. The van der Waals surface area contributed by atoms with E-state index in [1.807, 2.05) is 6.92 Å². The Morgan fingerprint density at radius 2 is 1.88 bits per heavy atom. The average Bonchev–Trinajstić information content (AvgIpc) is 2.30. The molecular formula is C13H24O4. The highest BCUT2D eigenvalue weighted by atomic mass is 16.5. The standard InChI is InChI=1S/C7H14O3.C6H10O/c1-6(9-3)4-5-10-7(2)8;7-6-4-2-1-3-5-6/h6H,4-5H2,1-3H3;1-5H2. The van der Waals surface area contributed by atoms with Gasteiger partial charge >= 0.3 is 5.97 Å². The summed E-state index contributed by atoms with van der Waals surface area (Å²) in [5.74, 6) is 0.231. The van der Waals surface area contributed by atoms with Crippen molar-refractivity contribution in [3.8, 4) is 0 Å². The maximum absolute atomic E-state index is 10.5. The smallest absolute Gasteiger partial charge is 0.302 e. The Kier molecular flexibility index (Phi) is 9.72. The van der Waals surface area contributed by atoms with Crippen molar-refractivity contribution in [2.24, 2.45) is 0 Å². The molecule has 0 saturated heterocycles. The van der Waals surface area contributed by atoms with Gasteiger partial charge in [0, 0.05) is 33.3 Å². The van der Waals surface area contributed by atoms with Gasteiger partial charge in [0.25, 0.3) is 0 Å². The zero-order valence-electron chi connectivity index (χ0n) is 11.2. The van der Waals surface area contributed by atoms with Crippen molar-refractivity contribution < 1.29 is 19.1 Å². The van der Waals surface area contributed by atoms with Gasteiger partial charge in [-0.3, -0.25) is 9.59 Å². The Morgan fingerprint density at radius 3 is 2.24 bits per heavy atom. The fraction of sp³-hybridized carbons (Fsp3) is 0.846. The van der Waals surface area contributed by atoms with E-state index < -0.39 is 0 Å². The number of carbonyl (C=O) groups is 2. The van der Waals surface area contributed by atoms with Crippen LogP contribution in [0, 0.1) is 0 Å². The second-order valence-corrected chi connectivity index (χ2v) is 4.27. The van der Waals surface area contributed by atoms with Crippen LogP contribution in [0.15, 0.2) is 0 Å². The van der Waals surface area contributed by atoms with E-state index in [9.17, 15) is 9.59 Å². The quantitative estimate of drug-likeness (QED) is 0.713. The Hall–Kier alpha value is -0.900. The first-order chi connectivity index (χ1) is 8.06. The molecule has 0 amide bonds. The second kappa shape index (κ2) is 10.3. The lowest BCUT2D eigenvalue weighted by Crippen LogP contribution is -2.10. The Bertz CT molecular complexity index is 217. The topological polar surface area (TPSA) is 52.6 Å². The minimum Gasteiger partial charge on any atom is -0.466 e. The van der Waals surface area contributed by atoms with Gasteiger partial charge in [0.15, 0.2) is 0 Å². The van der Waals surface area contributed by atoms with Gasteiger partial charge in [-0.2, -0.15) is 0 Å². The van der Waals surface area contributed by atoms with Crippen LogP contribution in [0.4, 0.5) is 0 Å². The summed E-state index contributed by atoms with van der Waals surface area (Å²) in [6.07, 6.45) is 6.17. The Morgan fingerprint density at radius 1 is 1.29 bits per heavy atom. The molecule has 0 radical (unpaired) electrons. The van der Waals surface area contributed by atoms with Crippen molar-refractivity contribution in [1.82, 2.24) is 0 Å². The number of hydrogen-bond acceptors (Lipinski definition) is 4. The number of rotatable bonds is 4. The molecule has 0 aliphatic heterocycles. The summed E-state index contributed by atoms with van der Waals surface area (Å²) in [6, 6.07) is 0. The Labute approximate surface area is 104 Å². The lowest BCUT2D eigenvalue weighted by Gasteiger charge is -2.07. The summed E-state index contributed by atoms with van der Waals surface area (Å²) in [6.45, 7) is 3.78. The zero-order valence-corrected chi connectivity index (χ0v) is 11.2. The number of esters is 1. The summed E-state index contributed by atoms with van der Waals surface area (Å²) in [4.78, 5) is 20.7. The largest absolute Gasteiger partial charge is 0.466 e. The van der Waals surface area contributed by atoms with Crippen molar-refractivity contribution >= 4 is 11.8 Å². The summed E-state index contributed by atoms with van der Waals surface area (Å²) in [5.41, 5.74) is 0. The molecule has 1 aliphatic rings. The van der Waals surface area contributed by atoms with E-state index in [2.05, 4.69) is 0 Å². The number of hydrogen-bond donors (Lipinski definition) is 0. The molecule has 4 nitrogen and oxygen atoms in total. The van der Waals surface area contributed by atoms with E-state index in [4.69, 9.17) is 9.47 Å². The molecule has 17 heavy (non-hydrogen) atoms. The van der Waals surface area contributed by atoms with E-state index in [-0.39, 0.29) is 12.1 Å². The van der Waals surface area contributed by atoms with Gasteiger partial charge in [-0.1, -0.05) is 6.42 Å². The van der Waals surface area contributed by atoms with Crippen LogP contribution in [0.3, 0.4) is 0 Å². The van der Waals surface area contributed by atoms with Gasteiger partial charge < -0.3 is 9.47 Å². The summed E-state index contributed by atoms with van der Waals surface area (Å²) < 4.78 is 9.64. The minimum atomic E-state index is -0.233. The SMILES string of the molecule is COC(C)CCOC(C)=O.O=C1CCCCC1. The summed E-state index contributed by atoms with van der Waals surface area (Å²) in [5, 5.41) is 0. The molecule has 1 atom stereocenters. The van der Waals surface area contributed by atoms with Gasteiger partial charge in [0.1, 0.15) is 5.78 Å². The third kappa shape index (κ3) is 11.4. The molecule has 0 N–H and O–H groups in total. The molecule has 0 bridgehead atoms. The predicted octanol–water partition coefficient (Wildman–Crippen LogP) is 2.49. The van der Waals surface area contributed by atoms with Crippen LogP contribution in [0.25, 0.3) is 0 Å². The van der Waals surface area contributed by atoms with Crippen LogP contribution in [0.1, 0.15) is 52.4 Å². The molecular weight excluding hydrogens is 220 g/mol. The highest BCUT2D eigenvalue weighted by molar-refractivity contribution is 5.78. The van der Waals surface area contributed by atoms with Crippen molar-refractivity contribution in [1.29, 1.82) is 0 Å². The first kappa shape index (κ1) is 16.1. The normalized spacial score (nSPS) is 16.8. The van der Waals surface area contributed by atoms with Crippen molar-refractivity contribution in [2.75, 3.05) is 13.7 Å². The zero-order chi connectivity index (χ0) is 13.1. The van der Waals surface area contributed by atoms with Crippen molar-refractivity contribution in [2.45, 2.75) is 58.5 Å². The van der Waals surface area contributed by atoms with E-state index in [0.29, 0.717) is 12.4 Å². The average molecular weight is 244 g/mol. The monoisotopic (exact) mass is 244 g/mol. The van der Waals surface area contributed by atoms with Gasteiger partial charge in [0.05, 0.1) is 12.7 Å². The number of methoxy groups -OCH3 is 1. The van der Waals surface area contributed by atoms with Crippen LogP contribution >= 0.6 is 0 Å². The highest BCUT2D eigenvalue weighted by Gasteiger charge is 2.06.